The van der Waals surface area contributed by atoms with Gasteiger partial charge in [0.2, 0.25) is 0 Å². The summed E-state index contributed by atoms with van der Waals surface area (Å²) in [4.78, 5) is 0. The molecule has 0 atom stereocenters. The highest BCUT2D eigenvalue weighted by molar-refractivity contribution is 6.17. The molecule has 0 fully saturated rings. The van der Waals surface area contributed by atoms with Gasteiger partial charge in [0.25, 0.3) is 0 Å². The predicted octanol–water partition coefficient (Wildman–Crippen LogP) is 0.350. The van der Waals surface area contributed by atoms with Gasteiger partial charge in [-0.05, 0) is 0 Å². The van der Waals surface area contributed by atoms with Crippen molar-refractivity contribution in [2.75, 3.05) is 145 Å². The van der Waals surface area contributed by atoms with Crippen molar-refractivity contribution in [1.29, 1.82) is 0 Å². The number of nitrogens with two attached hydrogens (primary N) is 1. The van der Waals surface area contributed by atoms with Gasteiger partial charge in [0.05, 0.1) is 132 Å². The molecule has 0 aromatic heterocycles. The SMILES string of the molecule is NCCOCCOCCOCCOCCOCCOCCOCCOCCOCCOCCCl. The van der Waals surface area contributed by atoms with Crippen molar-refractivity contribution in [3.8, 4) is 0 Å². The van der Waals surface area contributed by atoms with Crippen LogP contribution in [0.1, 0.15) is 0 Å². The minimum absolute atomic E-state index is 0.501. The van der Waals surface area contributed by atoms with Gasteiger partial charge in [0.15, 0.2) is 0 Å². The van der Waals surface area contributed by atoms with E-state index in [4.69, 9.17) is 64.7 Å². The van der Waals surface area contributed by atoms with Gasteiger partial charge >= 0.3 is 0 Å². The van der Waals surface area contributed by atoms with E-state index in [1.54, 1.807) is 0 Å². The maximum absolute atomic E-state index is 5.49. The number of alkyl halides is 1. The van der Waals surface area contributed by atoms with Crippen LogP contribution in [0.5, 0.6) is 0 Å². The van der Waals surface area contributed by atoms with E-state index >= 15 is 0 Å². The molecule has 34 heavy (non-hydrogen) atoms. The second-order valence-electron chi connectivity index (χ2n) is 6.60. The van der Waals surface area contributed by atoms with E-state index in [1.165, 1.54) is 0 Å². The molecule has 0 spiro atoms. The third kappa shape index (κ3) is 31.9. The van der Waals surface area contributed by atoms with Crippen LogP contribution in [0.15, 0.2) is 0 Å². The quantitative estimate of drug-likeness (QED) is 0.101. The Labute approximate surface area is 209 Å². The number of hydrogen-bond donors (Lipinski definition) is 1. The third-order valence-electron chi connectivity index (χ3n) is 3.83. The van der Waals surface area contributed by atoms with E-state index in [-0.39, 0.29) is 0 Å². The van der Waals surface area contributed by atoms with Crippen molar-refractivity contribution in [2.45, 2.75) is 0 Å². The standard InChI is InChI=1S/C22H46ClNO10/c23-1-3-25-5-7-27-9-11-29-13-15-31-17-19-33-21-22-34-20-18-32-16-14-30-12-10-28-8-6-26-4-2-24/h1-22,24H2. The molecule has 0 amide bonds. The third-order valence-corrected chi connectivity index (χ3v) is 3.99. The van der Waals surface area contributed by atoms with Gasteiger partial charge in [-0.2, -0.15) is 0 Å². The zero-order chi connectivity index (χ0) is 24.6. The summed E-state index contributed by atoms with van der Waals surface area (Å²) in [5.74, 6) is 0.501. The summed E-state index contributed by atoms with van der Waals surface area (Å²) in [6.07, 6.45) is 0. The second-order valence-corrected chi connectivity index (χ2v) is 6.98. The molecule has 2 N–H and O–H groups in total. The fraction of sp³-hybridized carbons (Fsp3) is 1.00. The van der Waals surface area contributed by atoms with E-state index < -0.39 is 0 Å². The van der Waals surface area contributed by atoms with Crippen LogP contribution in [0.4, 0.5) is 0 Å². The van der Waals surface area contributed by atoms with E-state index in [1.807, 2.05) is 0 Å². The van der Waals surface area contributed by atoms with Crippen molar-refractivity contribution >= 4 is 11.6 Å². The number of halogens is 1. The normalized spacial score (nSPS) is 11.5. The topological polar surface area (TPSA) is 118 Å². The van der Waals surface area contributed by atoms with E-state index in [9.17, 15) is 0 Å². The Balaban J connectivity index is 2.99. The highest BCUT2D eigenvalue weighted by Crippen LogP contribution is 1.86. The lowest BCUT2D eigenvalue weighted by molar-refractivity contribution is -0.0261. The minimum Gasteiger partial charge on any atom is -0.378 e. The van der Waals surface area contributed by atoms with Crippen molar-refractivity contribution in [3.05, 3.63) is 0 Å². The maximum Gasteiger partial charge on any atom is 0.0701 e. The van der Waals surface area contributed by atoms with Crippen molar-refractivity contribution in [3.63, 3.8) is 0 Å². The summed E-state index contributed by atoms with van der Waals surface area (Å²) in [7, 11) is 0. The van der Waals surface area contributed by atoms with Gasteiger partial charge in [0.1, 0.15) is 0 Å². The molecule has 0 unspecified atom stereocenters. The molecule has 206 valence electrons. The number of rotatable bonds is 31. The van der Waals surface area contributed by atoms with Gasteiger partial charge < -0.3 is 53.1 Å². The Bertz CT molecular complexity index is 330. The summed E-state index contributed by atoms with van der Waals surface area (Å²) in [5, 5.41) is 0. The van der Waals surface area contributed by atoms with Crippen LogP contribution in [0.3, 0.4) is 0 Å². The first kappa shape index (κ1) is 33.8. The highest BCUT2D eigenvalue weighted by atomic mass is 35.5. The molecule has 0 aliphatic rings. The van der Waals surface area contributed by atoms with Crippen LogP contribution in [0, 0.1) is 0 Å². The van der Waals surface area contributed by atoms with Gasteiger partial charge in [0, 0.05) is 12.4 Å². The van der Waals surface area contributed by atoms with Gasteiger partial charge in [-0.3, -0.25) is 0 Å². The molecule has 0 aliphatic carbocycles. The molecule has 12 heteroatoms. The average Bonchev–Trinajstić information content (AvgIpc) is 2.85. The zero-order valence-electron chi connectivity index (χ0n) is 20.6. The van der Waals surface area contributed by atoms with E-state index in [2.05, 4.69) is 0 Å². The lowest BCUT2D eigenvalue weighted by Crippen LogP contribution is -2.15. The van der Waals surface area contributed by atoms with Crippen LogP contribution in [-0.4, -0.2) is 145 Å². The van der Waals surface area contributed by atoms with Crippen molar-refractivity contribution in [2.24, 2.45) is 5.73 Å². The van der Waals surface area contributed by atoms with Crippen LogP contribution in [0.25, 0.3) is 0 Å². The first-order valence-electron chi connectivity index (χ1n) is 11.9. The smallest absolute Gasteiger partial charge is 0.0701 e. The number of ether oxygens (including phenoxy) is 10. The molecule has 11 nitrogen and oxygen atoms in total. The molecule has 0 saturated carbocycles. The van der Waals surface area contributed by atoms with Crippen LogP contribution in [-0.2, 0) is 47.4 Å². The maximum atomic E-state index is 5.49. The van der Waals surface area contributed by atoms with Gasteiger partial charge in [-0.15, -0.1) is 11.6 Å². The largest absolute Gasteiger partial charge is 0.378 e. The first-order chi connectivity index (χ1) is 16.9. The van der Waals surface area contributed by atoms with Crippen LogP contribution in [0.2, 0.25) is 0 Å². The van der Waals surface area contributed by atoms with Gasteiger partial charge in [-0.25, -0.2) is 0 Å². The Kier molecular flexibility index (Phi) is 32.7. The average molecular weight is 520 g/mol. The zero-order valence-corrected chi connectivity index (χ0v) is 21.4. The molecule has 0 saturated heterocycles. The summed E-state index contributed by atoms with van der Waals surface area (Å²) < 4.78 is 53.6. The Morgan fingerprint density at radius 2 is 0.471 bits per heavy atom. The Morgan fingerprint density at radius 1 is 0.294 bits per heavy atom. The lowest BCUT2D eigenvalue weighted by atomic mass is 10.6. The van der Waals surface area contributed by atoms with Crippen molar-refractivity contribution in [1.82, 2.24) is 0 Å². The second kappa shape index (κ2) is 32.8. The first-order valence-corrected chi connectivity index (χ1v) is 12.5. The van der Waals surface area contributed by atoms with E-state index in [0.717, 1.165) is 0 Å². The molecule has 0 radical (unpaired) electrons. The molecular formula is C22H46ClNO10. The predicted molar refractivity (Wildman–Crippen MR) is 128 cm³/mol. The van der Waals surface area contributed by atoms with Crippen molar-refractivity contribution < 1.29 is 47.4 Å². The van der Waals surface area contributed by atoms with E-state index in [0.29, 0.717) is 145 Å². The highest BCUT2D eigenvalue weighted by Gasteiger charge is 1.95. The molecule has 0 heterocycles. The minimum atomic E-state index is 0.501. The molecule has 0 aromatic rings. The molecule has 0 bridgehead atoms. The molecule has 0 rings (SSSR count). The monoisotopic (exact) mass is 519 g/mol. The summed E-state index contributed by atoms with van der Waals surface area (Å²) in [6, 6.07) is 0. The van der Waals surface area contributed by atoms with Gasteiger partial charge in [-0.1, -0.05) is 0 Å². The Morgan fingerprint density at radius 3 is 0.647 bits per heavy atom. The summed E-state index contributed by atoms with van der Waals surface area (Å²) in [6.45, 7) is 11.2. The molecule has 0 aromatic carbocycles. The fourth-order valence-electron chi connectivity index (χ4n) is 2.22. The molecule has 0 aliphatic heterocycles. The lowest BCUT2D eigenvalue weighted by Gasteiger charge is -2.09. The molecular weight excluding hydrogens is 474 g/mol. The summed E-state index contributed by atoms with van der Waals surface area (Å²) >= 11 is 5.49. The Hall–Kier alpha value is -0.150. The van der Waals surface area contributed by atoms with Crippen LogP contribution < -0.4 is 5.73 Å². The number of hydrogen-bond acceptors (Lipinski definition) is 11. The fourth-order valence-corrected chi connectivity index (χ4v) is 2.33. The summed E-state index contributed by atoms with van der Waals surface area (Å²) in [5.41, 5.74) is 5.31. The van der Waals surface area contributed by atoms with Crippen LogP contribution >= 0.6 is 11.6 Å².